The summed E-state index contributed by atoms with van der Waals surface area (Å²) in [6, 6.07) is 15.9. The second-order valence-corrected chi connectivity index (χ2v) is 9.57. The van der Waals surface area contributed by atoms with Gasteiger partial charge in [0.15, 0.2) is 0 Å². The second kappa shape index (κ2) is 16.2. The number of likely N-dealkylation sites (tertiary alicyclic amines) is 1. The number of hydrogen-bond acceptors (Lipinski definition) is 5. The molecule has 1 fully saturated rings. The molecule has 198 valence electrons. The number of ether oxygens (including phenoxy) is 3. The average Bonchev–Trinajstić information content (AvgIpc) is 3.40. The minimum Gasteiger partial charge on any atom is -0.494 e. The van der Waals surface area contributed by atoms with Crippen LogP contribution in [0.3, 0.4) is 0 Å². The van der Waals surface area contributed by atoms with E-state index in [1.54, 1.807) is 0 Å². The van der Waals surface area contributed by atoms with Gasteiger partial charge in [0.25, 0.3) is 0 Å². The third kappa shape index (κ3) is 9.82. The molecule has 1 saturated heterocycles. The Bertz CT molecular complexity index is 898. The van der Waals surface area contributed by atoms with Crippen molar-refractivity contribution in [1.29, 1.82) is 0 Å². The maximum absolute atomic E-state index is 12.9. The third-order valence-corrected chi connectivity index (χ3v) is 6.41. The molecule has 1 atom stereocenters. The number of hydrogen-bond donors (Lipinski definition) is 1. The molecule has 3 rings (SSSR count). The van der Waals surface area contributed by atoms with E-state index in [1.807, 2.05) is 48.5 Å². The predicted octanol–water partition coefficient (Wildman–Crippen LogP) is 7.14. The molecule has 2 aromatic carbocycles. The van der Waals surface area contributed by atoms with Gasteiger partial charge in [0.2, 0.25) is 0 Å². The average molecular weight is 497 g/mol. The number of benzene rings is 2. The lowest BCUT2D eigenvalue weighted by Gasteiger charge is -2.24. The van der Waals surface area contributed by atoms with Crippen molar-refractivity contribution < 1.29 is 19.0 Å². The zero-order valence-electron chi connectivity index (χ0n) is 22.2. The molecule has 1 N–H and O–H groups in total. The lowest BCUT2D eigenvalue weighted by molar-refractivity contribution is 0.0108. The molecule has 1 aliphatic heterocycles. The van der Waals surface area contributed by atoms with Gasteiger partial charge in [-0.15, -0.1) is 0 Å². The van der Waals surface area contributed by atoms with Crippen LogP contribution in [0.15, 0.2) is 48.5 Å². The van der Waals surface area contributed by atoms with E-state index in [0.29, 0.717) is 25.4 Å². The number of nitrogens with zero attached hydrogens (tertiary/aromatic N) is 1. The van der Waals surface area contributed by atoms with Crippen molar-refractivity contribution in [2.24, 2.45) is 0 Å². The first-order valence-corrected chi connectivity index (χ1v) is 13.8. The minimum absolute atomic E-state index is 0.295. The number of rotatable bonds is 16. The standard InChI is InChI=1S/C30H44N2O4/c1-3-5-6-7-12-21-35-26-15-13-14-25(22-26)28-16-8-9-17-29(28)31-30(33)36-27(24-34-20-4-2)23-32-18-10-11-19-32/h8-9,13-17,22,27H,3-7,10-12,18-21,23-24H2,1-2H3,(H,31,33). The lowest BCUT2D eigenvalue weighted by Crippen LogP contribution is -2.37. The predicted molar refractivity (Wildman–Crippen MR) is 147 cm³/mol. The fraction of sp³-hybridized carbons (Fsp3) is 0.567. The summed E-state index contributed by atoms with van der Waals surface area (Å²) in [6.45, 7) is 8.91. The number of carbonyl (C=O) groups is 1. The van der Waals surface area contributed by atoms with E-state index < -0.39 is 6.09 Å². The van der Waals surface area contributed by atoms with Gasteiger partial charge in [-0.25, -0.2) is 4.79 Å². The Morgan fingerprint density at radius 2 is 1.75 bits per heavy atom. The van der Waals surface area contributed by atoms with Crippen LogP contribution in [0.1, 0.15) is 65.2 Å². The van der Waals surface area contributed by atoms with E-state index >= 15 is 0 Å². The first-order chi connectivity index (χ1) is 17.7. The number of carbonyl (C=O) groups excluding carboxylic acids is 1. The monoisotopic (exact) mass is 496 g/mol. The van der Waals surface area contributed by atoms with Crippen LogP contribution in [0.5, 0.6) is 5.75 Å². The normalized spacial score (nSPS) is 14.5. The van der Waals surface area contributed by atoms with Crippen LogP contribution in [-0.2, 0) is 9.47 Å². The summed E-state index contributed by atoms with van der Waals surface area (Å²) in [5, 5.41) is 2.97. The summed E-state index contributed by atoms with van der Waals surface area (Å²) in [5.41, 5.74) is 2.64. The van der Waals surface area contributed by atoms with Crippen molar-refractivity contribution in [3.05, 3.63) is 48.5 Å². The molecule has 6 nitrogen and oxygen atoms in total. The molecule has 0 spiro atoms. The molecule has 36 heavy (non-hydrogen) atoms. The summed E-state index contributed by atoms with van der Waals surface area (Å²) in [7, 11) is 0. The van der Waals surface area contributed by atoms with Crippen molar-refractivity contribution >= 4 is 11.8 Å². The van der Waals surface area contributed by atoms with Crippen LogP contribution in [-0.4, -0.2) is 56.6 Å². The van der Waals surface area contributed by atoms with Gasteiger partial charge in [-0.2, -0.15) is 0 Å². The molecule has 0 saturated carbocycles. The fourth-order valence-corrected chi connectivity index (χ4v) is 4.52. The van der Waals surface area contributed by atoms with E-state index in [9.17, 15) is 4.79 Å². The largest absolute Gasteiger partial charge is 0.494 e. The van der Waals surface area contributed by atoms with Gasteiger partial charge in [-0.1, -0.05) is 69.9 Å². The van der Waals surface area contributed by atoms with Gasteiger partial charge in [0, 0.05) is 18.7 Å². The van der Waals surface area contributed by atoms with Gasteiger partial charge in [0.1, 0.15) is 11.9 Å². The van der Waals surface area contributed by atoms with Crippen LogP contribution in [0.2, 0.25) is 0 Å². The van der Waals surface area contributed by atoms with Gasteiger partial charge in [-0.05, 0) is 62.5 Å². The number of anilines is 1. The summed E-state index contributed by atoms with van der Waals surface area (Å²) >= 11 is 0. The summed E-state index contributed by atoms with van der Waals surface area (Å²) in [4.78, 5) is 15.2. The molecule has 1 amide bonds. The van der Waals surface area contributed by atoms with Crippen molar-refractivity contribution in [3.63, 3.8) is 0 Å². The van der Waals surface area contributed by atoms with Gasteiger partial charge in [-0.3, -0.25) is 10.2 Å². The Morgan fingerprint density at radius 3 is 2.56 bits per heavy atom. The van der Waals surface area contributed by atoms with Gasteiger partial charge >= 0.3 is 6.09 Å². The van der Waals surface area contributed by atoms with E-state index in [-0.39, 0.29) is 6.10 Å². The highest BCUT2D eigenvalue weighted by molar-refractivity contribution is 5.91. The highest BCUT2D eigenvalue weighted by Gasteiger charge is 2.21. The minimum atomic E-state index is -0.453. The maximum atomic E-state index is 12.9. The molecule has 0 radical (unpaired) electrons. The van der Waals surface area contributed by atoms with E-state index in [1.165, 1.54) is 38.5 Å². The van der Waals surface area contributed by atoms with E-state index in [0.717, 1.165) is 49.4 Å². The summed E-state index contributed by atoms with van der Waals surface area (Å²) < 4.78 is 17.6. The van der Waals surface area contributed by atoms with Gasteiger partial charge in [0.05, 0.1) is 18.9 Å². The molecule has 0 bridgehead atoms. The molecule has 2 aromatic rings. The smallest absolute Gasteiger partial charge is 0.412 e. The lowest BCUT2D eigenvalue weighted by atomic mass is 10.0. The topological polar surface area (TPSA) is 60.0 Å². The quantitative estimate of drug-likeness (QED) is 0.250. The Balaban J connectivity index is 1.60. The number of unbranched alkanes of at least 4 members (excludes halogenated alkanes) is 4. The first-order valence-electron chi connectivity index (χ1n) is 13.8. The van der Waals surface area contributed by atoms with Crippen LogP contribution in [0, 0.1) is 0 Å². The highest BCUT2D eigenvalue weighted by atomic mass is 16.6. The molecule has 1 heterocycles. The SMILES string of the molecule is CCCCCCCOc1cccc(-c2ccccc2NC(=O)OC(COCCC)CN2CCCC2)c1. The second-order valence-electron chi connectivity index (χ2n) is 9.57. The third-order valence-electron chi connectivity index (χ3n) is 6.41. The van der Waals surface area contributed by atoms with Crippen molar-refractivity contribution in [3.8, 4) is 16.9 Å². The van der Waals surface area contributed by atoms with Crippen molar-refractivity contribution in [2.45, 2.75) is 71.3 Å². The Kier molecular flexibility index (Phi) is 12.6. The number of para-hydroxylation sites is 1. The first kappa shape index (κ1) is 28.0. The fourth-order valence-electron chi connectivity index (χ4n) is 4.52. The summed E-state index contributed by atoms with van der Waals surface area (Å²) in [5.74, 6) is 0.846. The van der Waals surface area contributed by atoms with Crippen LogP contribution in [0.25, 0.3) is 11.1 Å². The maximum Gasteiger partial charge on any atom is 0.412 e. The zero-order chi connectivity index (χ0) is 25.4. The Hall–Kier alpha value is -2.57. The van der Waals surface area contributed by atoms with Crippen LogP contribution in [0.4, 0.5) is 10.5 Å². The molecule has 6 heteroatoms. The Labute approximate surface area is 217 Å². The number of nitrogens with one attached hydrogen (secondary N) is 1. The van der Waals surface area contributed by atoms with E-state index in [4.69, 9.17) is 14.2 Å². The Morgan fingerprint density at radius 1 is 0.944 bits per heavy atom. The van der Waals surface area contributed by atoms with Crippen molar-refractivity contribution in [1.82, 2.24) is 4.90 Å². The van der Waals surface area contributed by atoms with Crippen LogP contribution < -0.4 is 10.1 Å². The number of amides is 1. The van der Waals surface area contributed by atoms with Crippen LogP contribution >= 0.6 is 0 Å². The van der Waals surface area contributed by atoms with Gasteiger partial charge < -0.3 is 14.2 Å². The molecular weight excluding hydrogens is 452 g/mol. The van der Waals surface area contributed by atoms with Crippen molar-refractivity contribution in [2.75, 3.05) is 44.8 Å². The molecule has 1 unspecified atom stereocenters. The summed E-state index contributed by atoms with van der Waals surface area (Å²) in [6.07, 6.45) is 8.65. The highest BCUT2D eigenvalue weighted by Crippen LogP contribution is 2.30. The molecule has 0 aliphatic carbocycles. The molecular formula is C30H44N2O4. The zero-order valence-corrected chi connectivity index (χ0v) is 22.2. The van der Waals surface area contributed by atoms with E-state index in [2.05, 4.69) is 24.1 Å². The molecule has 0 aromatic heterocycles. The molecule has 1 aliphatic rings.